The number of hydrogen-bond acceptors (Lipinski definition) is 5. The van der Waals surface area contributed by atoms with E-state index < -0.39 is 8.07 Å². The highest BCUT2D eigenvalue weighted by Crippen LogP contribution is 2.24. The second-order valence-corrected chi connectivity index (χ2v) is 14.3. The van der Waals surface area contributed by atoms with E-state index in [1.54, 1.807) is 17.9 Å². The van der Waals surface area contributed by atoms with Gasteiger partial charge in [-0.3, -0.25) is 4.79 Å². The summed E-state index contributed by atoms with van der Waals surface area (Å²) in [6.07, 6.45) is 0. The van der Waals surface area contributed by atoms with E-state index >= 15 is 0 Å². The van der Waals surface area contributed by atoms with Crippen LogP contribution in [0.5, 0.6) is 0 Å². The van der Waals surface area contributed by atoms with Crippen LogP contribution in [0.3, 0.4) is 0 Å². The molecule has 1 aliphatic rings. The molecular formula is C22H32N2O5Si. The molecule has 1 aromatic carbocycles. The van der Waals surface area contributed by atoms with Gasteiger partial charge in [0.05, 0.1) is 25.3 Å². The zero-order chi connectivity index (χ0) is 21.7. The van der Waals surface area contributed by atoms with Crippen LogP contribution >= 0.6 is 0 Å². The average Bonchev–Trinajstić information content (AvgIpc) is 3.08. The monoisotopic (exact) mass is 432 g/mol. The first-order valence-electron chi connectivity index (χ1n) is 10.6. The quantitative estimate of drug-likeness (QED) is 0.362. The lowest BCUT2D eigenvalue weighted by atomic mass is 10.1. The maximum Gasteiger partial charge on any atom is 0.355 e. The first kappa shape index (κ1) is 22.5. The summed E-state index contributed by atoms with van der Waals surface area (Å²) in [5.74, 6) is -0.402. The Hall–Kier alpha value is -2.16. The Morgan fingerprint density at radius 1 is 1.13 bits per heavy atom. The van der Waals surface area contributed by atoms with E-state index in [2.05, 4.69) is 19.6 Å². The van der Waals surface area contributed by atoms with Gasteiger partial charge in [0, 0.05) is 38.7 Å². The third-order valence-corrected chi connectivity index (χ3v) is 6.85. The summed E-state index contributed by atoms with van der Waals surface area (Å²) >= 11 is 0. The van der Waals surface area contributed by atoms with E-state index in [-0.39, 0.29) is 18.6 Å². The van der Waals surface area contributed by atoms with Crippen LogP contribution in [-0.4, -0.2) is 68.9 Å². The SMILES string of the molecule is CCOC(=O)c1cc2cc(C(=O)N3CCOCC3)ccc2n1COCC[Si](C)(C)C. The number of aromatic nitrogens is 1. The molecule has 0 bridgehead atoms. The fraction of sp³-hybridized carbons (Fsp3) is 0.545. The van der Waals surface area contributed by atoms with Crippen molar-refractivity contribution in [1.82, 2.24) is 9.47 Å². The van der Waals surface area contributed by atoms with Crippen molar-refractivity contribution in [2.75, 3.05) is 39.5 Å². The molecule has 1 fully saturated rings. The highest BCUT2D eigenvalue weighted by Gasteiger charge is 2.22. The summed E-state index contributed by atoms with van der Waals surface area (Å²) in [5, 5.41) is 0.825. The average molecular weight is 433 g/mol. The van der Waals surface area contributed by atoms with Crippen LogP contribution in [0.15, 0.2) is 24.3 Å². The Labute approximate surface area is 178 Å². The first-order valence-corrected chi connectivity index (χ1v) is 14.3. The van der Waals surface area contributed by atoms with E-state index in [9.17, 15) is 9.59 Å². The molecule has 0 N–H and O–H groups in total. The number of amides is 1. The highest BCUT2D eigenvalue weighted by atomic mass is 28.3. The van der Waals surface area contributed by atoms with Crippen molar-refractivity contribution in [2.45, 2.75) is 39.3 Å². The van der Waals surface area contributed by atoms with Gasteiger partial charge in [0.2, 0.25) is 0 Å². The summed E-state index contributed by atoms with van der Waals surface area (Å²) in [4.78, 5) is 27.1. The Bertz CT molecular complexity index is 897. The molecule has 1 saturated heterocycles. The molecule has 2 aromatic rings. The minimum Gasteiger partial charge on any atom is -0.461 e. The normalized spacial score (nSPS) is 14.9. The number of benzene rings is 1. The molecule has 1 aliphatic heterocycles. The smallest absolute Gasteiger partial charge is 0.355 e. The zero-order valence-corrected chi connectivity index (χ0v) is 19.4. The molecule has 3 rings (SSSR count). The molecule has 0 radical (unpaired) electrons. The standard InChI is InChI=1S/C22H32N2O5Si/c1-5-29-22(26)20-15-18-14-17(21(25)23-8-10-27-11-9-23)6-7-19(18)24(20)16-28-12-13-30(2,3)4/h6-7,14-15H,5,8-13,16H2,1-4H3. The van der Waals surface area contributed by atoms with E-state index in [4.69, 9.17) is 14.2 Å². The van der Waals surface area contributed by atoms with E-state index in [1.165, 1.54) is 0 Å². The topological polar surface area (TPSA) is 70.0 Å². The lowest BCUT2D eigenvalue weighted by Crippen LogP contribution is -2.40. The molecular weight excluding hydrogens is 400 g/mol. The van der Waals surface area contributed by atoms with Gasteiger partial charge in [0.15, 0.2) is 0 Å². The summed E-state index contributed by atoms with van der Waals surface area (Å²) < 4.78 is 18.3. The fourth-order valence-electron chi connectivity index (χ4n) is 3.40. The van der Waals surface area contributed by atoms with Crippen LogP contribution < -0.4 is 0 Å². The number of nitrogens with zero attached hydrogens (tertiary/aromatic N) is 2. The van der Waals surface area contributed by atoms with Gasteiger partial charge in [-0.15, -0.1) is 0 Å². The predicted octanol–water partition coefficient (Wildman–Crippen LogP) is 3.60. The van der Waals surface area contributed by atoms with Gasteiger partial charge in [-0.25, -0.2) is 4.79 Å². The van der Waals surface area contributed by atoms with Gasteiger partial charge in [-0.1, -0.05) is 19.6 Å². The molecule has 1 aromatic heterocycles. The highest BCUT2D eigenvalue weighted by molar-refractivity contribution is 6.76. The molecule has 7 nitrogen and oxygen atoms in total. The van der Waals surface area contributed by atoms with E-state index in [0.29, 0.717) is 50.8 Å². The predicted molar refractivity (Wildman–Crippen MR) is 119 cm³/mol. The summed E-state index contributed by atoms with van der Waals surface area (Å²) in [6, 6.07) is 8.38. The lowest BCUT2D eigenvalue weighted by molar-refractivity contribution is 0.0303. The molecule has 0 unspecified atom stereocenters. The molecule has 30 heavy (non-hydrogen) atoms. The van der Waals surface area contributed by atoms with Crippen molar-refractivity contribution in [2.24, 2.45) is 0 Å². The molecule has 164 valence electrons. The maximum atomic E-state index is 12.8. The van der Waals surface area contributed by atoms with Gasteiger partial charge < -0.3 is 23.7 Å². The summed E-state index contributed by atoms with van der Waals surface area (Å²) in [7, 11) is -1.19. The number of fused-ring (bicyclic) bond motifs is 1. The minimum absolute atomic E-state index is 0.0166. The Morgan fingerprint density at radius 2 is 1.87 bits per heavy atom. The van der Waals surface area contributed by atoms with Gasteiger partial charge in [-0.2, -0.15) is 0 Å². The van der Waals surface area contributed by atoms with Crippen molar-refractivity contribution in [3.8, 4) is 0 Å². The van der Waals surface area contributed by atoms with Crippen LogP contribution in [0.25, 0.3) is 10.9 Å². The van der Waals surface area contributed by atoms with Gasteiger partial charge >= 0.3 is 5.97 Å². The summed E-state index contributed by atoms with van der Waals surface area (Å²) in [5.41, 5.74) is 1.90. The maximum absolute atomic E-state index is 12.8. The van der Waals surface area contributed by atoms with Gasteiger partial charge in [-0.05, 0) is 37.2 Å². The third-order valence-electron chi connectivity index (χ3n) is 5.15. The van der Waals surface area contributed by atoms with E-state index in [1.807, 2.05) is 22.8 Å². The van der Waals surface area contributed by atoms with Crippen molar-refractivity contribution < 1.29 is 23.8 Å². The van der Waals surface area contributed by atoms with Crippen LogP contribution in [0, 0.1) is 0 Å². The molecule has 0 spiro atoms. The largest absolute Gasteiger partial charge is 0.461 e. The second kappa shape index (κ2) is 9.76. The van der Waals surface area contributed by atoms with Crippen LogP contribution in [0.1, 0.15) is 27.8 Å². The molecule has 0 saturated carbocycles. The Balaban J connectivity index is 1.85. The van der Waals surface area contributed by atoms with Crippen molar-refractivity contribution >= 4 is 30.9 Å². The summed E-state index contributed by atoms with van der Waals surface area (Å²) in [6.45, 7) is 12.2. The van der Waals surface area contributed by atoms with Crippen LogP contribution in [0.2, 0.25) is 25.7 Å². The number of carbonyl (C=O) groups excluding carboxylic acids is 2. The molecule has 0 aliphatic carbocycles. The van der Waals surface area contributed by atoms with Gasteiger partial charge in [0.1, 0.15) is 12.4 Å². The van der Waals surface area contributed by atoms with E-state index in [0.717, 1.165) is 16.9 Å². The first-order chi connectivity index (χ1) is 14.3. The van der Waals surface area contributed by atoms with Crippen LogP contribution in [0.4, 0.5) is 0 Å². The molecule has 2 heterocycles. The van der Waals surface area contributed by atoms with Crippen molar-refractivity contribution in [3.05, 3.63) is 35.5 Å². The minimum atomic E-state index is -1.19. The Morgan fingerprint density at radius 3 is 2.53 bits per heavy atom. The van der Waals surface area contributed by atoms with Gasteiger partial charge in [0.25, 0.3) is 5.91 Å². The molecule has 8 heteroatoms. The molecule has 1 amide bonds. The fourth-order valence-corrected chi connectivity index (χ4v) is 4.16. The number of ether oxygens (including phenoxy) is 3. The zero-order valence-electron chi connectivity index (χ0n) is 18.4. The number of esters is 1. The van der Waals surface area contributed by atoms with Crippen LogP contribution in [-0.2, 0) is 20.9 Å². The third kappa shape index (κ3) is 5.50. The molecule has 0 atom stereocenters. The number of rotatable bonds is 8. The van der Waals surface area contributed by atoms with Crippen molar-refractivity contribution in [3.63, 3.8) is 0 Å². The Kier molecular flexibility index (Phi) is 7.33. The number of hydrogen-bond donors (Lipinski definition) is 0. The van der Waals surface area contributed by atoms with Crippen molar-refractivity contribution in [1.29, 1.82) is 0 Å². The lowest BCUT2D eigenvalue weighted by Gasteiger charge is -2.26. The second-order valence-electron chi connectivity index (χ2n) is 8.70. The number of morpholine rings is 1. The number of carbonyl (C=O) groups is 2.